The maximum absolute atomic E-state index is 13.1. The molecule has 0 aliphatic carbocycles. The Hall–Kier alpha value is -1.77. The fourth-order valence-corrected chi connectivity index (χ4v) is 5.40. The molecule has 142 valence electrons. The van der Waals surface area contributed by atoms with Gasteiger partial charge in [-0.2, -0.15) is 22.1 Å². The number of hydrogen-bond donors (Lipinski definition) is 0. The van der Waals surface area contributed by atoms with Crippen LogP contribution in [-0.4, -0.2) is 51.9 Å². The van der Waals surface area contributed by atoms with E-state index in [4.69, 9.17) is 0 Å². The number of rotatable bonds is 5. The minimum Gasteiger partial charge on any atom is -0.223 e. The topological polar surface area (TPSA) is 71.3 Å². The first-order chi connectivity index (χ1) is 12.3. The van der Waals surface area contributed by atoms with Gasteiger partial charge in [0.1, 0.15) is 12.7 Å². The van der Waals surface area contributed by atoms with Crippen molar-refractivity contribution >= 4 is 10.2 Å². The molecule has 1 fully saturated rings. The third-order valence-electron chi connectivity index (χ3n) is 5.13. The first-order valence-corrected chi connectivity index (χ1v) is 10.4. The highest BCUT2D eigenvalue weighted by atomic mass is 32.2. The fourth-order valence-electron chi connectivity index (χ4n) is 3.63. The molecule has 2 aromatic rings. The van der Waals surface area contributed by atoms with Crippen molar-refractivity contribution in [3.63, 3.8) is 0 Å². The summed E-state index contributed by atoms with van der Waals surface area (Å²) in [4.78, 5) is 3.94. The third-order valence-corrected chi connectivity index (χ3v) is 7.12. The second kappa shape index (κ2) is 7.46. The van der Waals surface area contributed by atoms with Gasteiger partial charge < -0.3 is 0 Å². The molecule has 8 heteroatoms. The Labute approximate surface area is 155 Å². The van der Waals surface area contributed by atoms with Gasteiger partial charge in [-0.3, -0.25) is 0 Å². The zero-order chi connectivity index (χ0) is 18.9. The quantitative estimate of drug-likeness (QED) is 0.803. The van der Waals surface area contributed by atoms with Gasteiger partial charge >= 0.3 is 0 Å². The summed E-state index contributed by atoms with van der Waals surface area (Å²) >= 11 is 0. The number of nitrogens with zero attached hydrogens (tertiary/aromatic N) is 5. The van der Waals surface area contributed by atoms with Crippen molar-refractivity contribution in [2.24, 2.45) is 11.8 Å². The second-order valence-electron chi connectivity index (χ2n) is 7.39. The summed E-state index contributed by atoms with van der Waals surface area (Å²) in [7, 11) is -1.83. The molecule has 3 rings (SSSR count). The van der Waals surface area contributed by atoms with Crippen molar-refractivity contribution in [2.45, 2.75) is 33.2 Å². The largest absolute Gasteiger partial charge is 0.282 e. The smallest absolute Gasteiger partial charge is 0.223 e. The second-order valence-corrected chi connectivity index (χ2v) is 9.38. The van der Waals surface area contributed by atoms with Gasteiger partial charge in [-0.25, -0.2) is 9.67 Å². The Kier molecular flexibility index (Phi) is 5.45. The monoisotopic (exact) mass is 377 g/mol. The summed E-state index contributed by atoms with van der Waals surface area (Å²) in [5.41, 5.74) is 1.83. The lowest BCUT2D eigenvalue weighted by atomic mass is 9.94. The minimum atomic E-state index is -3.49. The molecule has 0 bridgehead atoms. The summed E-state index contributed by atoms with van der Waals surface area (Å²) in [6.45, 7) is 7.33. The molecule has 0 N–H and O–H groups in total. The molecule has 7 nitrogen and oxygen atoms in total. The van der Waals surface area contributed by atoms with Crippen LogP contribution in [0.15, 0.2) is 36.9 Å². The van der Waals surface area contributed by atoms with Crippen molar-refractivity contribution in [1.29, 1.82) is 0 Å². The van der Waals surface area contributed by atoms with Gasteiger partial charge in [0.15, 0.2) is 0 Å². The Morgan fingerprint density at radius 2 is 1.77 bits per heavy atom. The molecule has 1 aliphatic heterocycles. The molecule has 2 heterocycles. The Balaban J connectivity index is 1.77. The summed E-state index contributed by atoms with van der Waals surface area (Å²) in [6.07, 6.45) is 4.19. The summed E-state index contributed by atoms with van der Waals surface area (Å²) in [6, 6.07) is 7.47. The number of hydrogen-bond acceptors (Lipinski definition) is 4. The molecule has 3 unspecified atom stereocenters. The highest BCUT2D eigenvalue weighted by molar-refractivity contribution is 7.86. The molecule has 3 atom stereocenters. The van der Waals surface area contributed by atoms with E-state index in [2.05, 4.69) is 23.9 Å². The average Bonchev–Trinajstić information content (AvgIpc) is 3.14. The number of aromatic nitrogens is 3. The SMILES string of the molecule is CC1CC(C)CN(S(=O)(=O)N(C)C(C)c2ccc(-n3cncn3)cc2)C1. The van der Waals surface area contributed by atoms with Crippen LogP contribution in [0.2, 0.25) is 0 Å². The lowest BCUT2D eigenvalue weighted by Gasteiger charge is -2.37. The van der Waals surface area contributed by atoms with Crippen LogP contribution in [0.25, 0.3) is 5.69 Å². The highest BCUT2D eigenvalue weighted by Crippen LogP contribution is 2.28. The van der Waals surface area contributed by atoms with E-state index in [0.717, 1.165) is 17.7 Å². The Morgan fingerprint density at radius 3 is 2.31 bits per heavy atom. The third kappa shape index (κ3) is 3.82. The lowest BCUT2D eigenvalue weighted by molar-refractivity contribution is 0.207. The van der Waals surface area contributed by atoms with Crippen LogP contribution in [0.1, 0.15) is 38.8 Å². The van der Waals surface area contributed by atoms with Gasteiger partial charge in [0.25, 0.3) is 10.2 Å². The molecule has 0 spiro atoms. The number of piperidine rings is 1. The molecule has 0 amide bonds. The zero-order valence-corrected chi connectivity index (χ0v) is 16.6. The molecular formula is C18H27N5O2S. The molecule has 1 aromatic heterocycles. The normalized spacial score (nSPS) is 23.3. The standard InChI is InChI=1S/C18H27N5O2S/c1-14-9-15(2)11-22(10-14)26(24,25)21(4)16(3)17-5-7-18(8-6-17)23-13-19-12-20-23/h5-8,12-16H,9-11H2,1-4H3. The molecule has 0 saturated carbocycles. The predicted octanol–water partition coefficient (Wildman–Crippen LogP) is 2.48. The molecular weight excluding hydrogens is 350 g/mol. The molecule has 1 aromatic carbocycles. The molecule has 1 saturated heterocycles. The van der Waals surface area contributed by atoms with Crippen molar-refractivity contribution in [3.8, 4) is 5.69 Å². The predicted molar refractivity (Wildman–Crippen MR) is 101 cm³/mol. The first kappa shape index (κ1) is 19.0. The van der Waals surface area contributed by atoms with E-state index in [1.807, 2.05) is 31.2 Å². The van der Waals surface area contributed by atoms with Gasteiger partial charge in [0, 0.05) is 26.2 Å². The van der Waals surface area contributed by atoms with Gasteiger partial charge in [-0.1, -0.05) is 26.0 Å². The average molecular weight is 378 g/mol. The first-order valence-electron chi connectivity index (χ1n) is 8.97. The van der Waals surface area contributed by atoms with Gasteiger partial charge in [0.2, 0.25) is 0 Å². The van der Waals surface area contributed by atoms with Crippen LogP contribution >= 0.6 is 0 Å². The van der Waals surface area contributed by atoms with Gasteiger partial charge in [-0.15, -0.1) is 0 Å². The van der Waals surface area contributed by atoms with E-state index in [1.165, 1.54) is 10.6 Å². The van der Waals surface area contributed by atoms with Crippen LogP contribution in [0.3, 0.4) is 0 Å². The van der Waals surface area contributed by atoms with E-state index in [-0.39, 0.29) is 6.04 Å². The lowest BCUT2D eigenvalue weighted by Crippen LogP contribution is -2.48. The van der Waals surface area contributed by atoms with Crippen molar-refractivity contribution in [2.75, 3.05) is 20.1 Å². The van der Waals surface area contributed by atoms with Gasteiger partial charge in [-0.05, 0) is 42.9 Å². The molecule has 26 heavy (non-hydrogen) atoms. The maximum atomic E-state index is 13.1. The molecule has 0 radical (unpaired) electrons. The van der Waals surface area contributed by atoms with E-state index < -0.39 is 10.2 Å². The van der Waals surface area contributed by atoms with Gasteiger partial charge in [0.05, 0.1) is 5.69 Å². The summed E-state index contributed by atoms with van der Waals surface area (Å²) in [5, 5.41) is 4.10. The maximum Gasteiger partial charge on any atom is 0.282 e. The number of benzene rings is 1. The van der Waals surface area contributed by atoms with E-state index in [0.29, 0.717) is 24.9 Å². The summed E-state index contributed by atoms with van der Waals surface area (Å²) < 4.78 is 30.9. The molecule has 1 aliphatic rings. The zero-order valence-electron chi connectivity index (χ0n) is 15.8. The fraction of sp³-hybridized carbons (Fsp3) is 0.556. The van der Waals surface area contributed by atoms with E-state index >= 15 is 0 Å². The Morgan fingerprint density at radius 1 is 1.15 bits per heavy atom. The minimum absolute atomic E-state index is 0.252. The van der Waals surface area contributed by atoms with Crippen LogP contribution < -0.4 is 0 Å². The Bertz CT molecular complexity index is 810. The van der Waals surface area contributed by atoms with E-state index in [9.17, 15) is 8.42 Å². The summed E-state index contributed by atoms with van der Waals surface area (Å²) in [5.74, 6) is 0.776. The van der Waals surface area contributed by atoms with Crippen molar-refractivity contribution in [1.82, 2.24) is 23.4 Å². The van der Waals surface area contributed by atoms with Crippen LogP contribution in [0.5, 0.6) is 0 Å². The highest BCUT2D eigenvalue weighted by Gasteiger charge is 2.35. The van der Waals surface area contributed by atoms with Crippen LogP contribution in [0.4, 0.5) is 0 Å². The van der Waals surface area contributed by atoms with Crippen LogP contribution in [-0.2, 0) is 10.2 Å². The van der Waals surface area contributed by atoms with Crippen molar-refractivity contribution < 1.29 is 8.42 Å². The van der Waals surface area contributed by atoms with Crippen LogP contribution in [0, 0.1) is 11.8 Å². The van der Waals surface area contributed by atoms with Crippen molar-refractivity contribution in [3.05, 3.63) is 42.5 Å². The van der Waals surface area contributed by atoms with E-state index in [1.54, 1.807) is 22.4 Å².